The van der Waals surface area contributed by atoms with Gasteiger partial charge in [0.2, 0.25) is 0 Å². The van der Waals surface area contributed by atoms with Crippen molar-refractivity contribution in [1.82, 2.24) is 4.37 Å². The molecule has 0 spiro atoms. The van der Waals surface area contributed by atoms with Crippen molar-refractivity contribution in [3.05, 3.63) is 16.6 Å². The van der Waals surface area contributed by atoms with E-state index in [2.05, 4.69) is 4.37 Å². The topological polar surface area (TPSA) is 33.1 Å². The maximum Gasteiger partial charge on any atom is 0.0863 e. The van der Waals surface area contributed by atoms with E-state index in [1.54, 1.807) is 0 Å². The molecule has 2 nitrogen and oxygen atoms in total. The molecule has 0 radical (unpaired) electrons. The van der Waals surface area contributed by atoms with E-state index in [0.717, 1.165) is 10.6 Å². The SMILES string of the molecule is Cc1cc(CO)ns1. The van der Waals surface area contributed by atoms with Crippen molar-refractivity contribution in [3.8, 4) is 0 Å². The van der Waals surface area contributed by atoms with E-state index in [0.29, 0.717) is 0 Å². The molecule has 0 aliphatic heterocycles. The summed E-state index contributed by atoms with van der Waals surface area (Å²) in [6.45, 7) is 2.03. The van der Waals surface area contributed by atoms with Gasteiger partial charge in [0.05, 0.1) is 12.3 Å². The van der Waals surface area contributed by atoms with Gasteiger partial charge in [0.25, 0.3) is 0 Å². The van der Waals surface area contributed by atoms with Gasteiger partial charge in [-0.1, -0.05) is 0 Å². The van der Waals surface area contributed by atoms with Crippen LogP contribution >= 0.6 is 11.5 Å². The van der Waals surface area contributed by atoms with E-state index in [-0.39, 0.29) is 6.61 Å². The molecule has 44 valence electrons. The molecule has 8 heavy (non-hydrogen) atoms. The van der Waals surface area contributed by atoms with Gasteiger partial charge in [0.1, 0.15) is 0 Å². The monoisotopic (exact) mass is 129 g/mol. The lowest BCUT2D eigenvalue weighted by atomic mass is 10.4. The minimum absolute atomic E-state index is 0.0599. The lowest BCUT2D eigenvalue weighted by Gasteiger charge is -1.77. The third-order valence-corrected chi connectivity index (χ3v) is 1.57. The largest absolute Gasteiger partial charge is 0.390 e. The smallest absolute Gasteiger partial charge is 0.0863 e. The van der Waals surface area contributed by atoms with Crippen LogP contribution in [-0.4, -0.2) is 9.48 Å². The molecule has 0 fully saturated rings. The predicted octanol–water partition coefficient (Wildman–Crippen LogP) is 0.944. The summed E-state index contributed by atoms with van der Waals surface area (Å²) >= 11 is 1.42. The number of hydrogen-bond donors (Lipinski definition) is 1. The molecule has 0 atom stereocenters. The van der Waals surface area contributed by atoms with Gasteiger partial charge in [-0.2, -0.15) is 4.37 Å². The fourth-order valence-corrected chi connectivity index (χ4v) is 1.05. The summed E-state index contributed by atoms with van der Waals surface area (Å²) in [5.41, 5.74) is 0.771. The Labute approximate surface area is 52.0 Å². The van der Waals surface area contributed by atoms with Gasteiger partial charge in [0, 0.05) is 4.88 Å². The van der Waals surface area contributed by atoms with E-state index >= 15 is 0 Å². The Bertz CT molecular complexity index is 173. The Kier molecular flexibility index (Phi) is 1.60. The number of aromatic nitrogens is 1. The van der Waals surface area contributed by atoms with Crippen molar-refractivity contribution >= 4 is 11.5 Å². The Morgan fingerprint density at radius 1 is 1.88 bits per heavy atom. The van der Waals surface area contributed by atoms with Gasteiger partial charge in [-0.3, -0.25) is 0 Å². The van der Waals surface area contributed by atoms with E-state index in [1.807, 2.05) is 13.0 Å². The van der Waals surface area contributed by atoms with E-state index < -0.39 is 0 Å². The summed E-state index contributed by atoms with van der Waals surface area (Å²) in [5, 5.41) is 8.50. The molecule has 0 unspecified atom stereocenters. The van der Waals surface area contributed by atoms with Crippen LogP contribution < -0.4 is 0 Å². The fourth-order valence-electron chi connectivity index (χ4n) is 0.492. The summed E-state index contributed by atoms with van der Waals surface area (Å²) < 4.78 is 3.93. The van der Waals surface area contributed by atoms with Crippen LogP contribution in [0.2, 0.25) is 0 Å². The lowest BCUT2D eigenvalue weighted by molar-refractivity contribution is 0.278. The van der Waals surface area contributed by atoms with Crippen molar-refractivity contribution in [2.75, 3.05) is 0 Å². The average molecular weight is 129 g/mol. The zero-order chi connectivity index (χ0) is 5.98. The van der Waals surface area contributed by atoms with E-state index in [1.165, 1.54) is 11.5 Å². The van der Waals surface area contributed by atoms with Gasteiger partial charge in [-0.25, -0.2) is 0 Å². The molecule has 0 aliphatic carbocycles. The van der Waals surface area contributed by atoms with Gasteiger partial charge < -0.3 is 5.11 Å². The average Bonchev–Trinajstić information content (AvgIpc) is 2.14. The van der Waals surface area contributed by atoms with Crippen LogP contribution in [0, 0.1) is 6.92 Å². The minimum Gasteiger partial charge on any atom is -0.390 e. The third kappa shape index (κ3) is 1.05. The van der Waals surface area contributed by atoms with Gasteiger partial charge in [0.15, 0.2) is 0 Å². The molecule has 1 rings (SSSR count). The van der Waals surface area contributed by atoms with Gasteiger partial charge in [-0.05, 0) is 24.5 Å². The number of aryl methyl sites for hydroxylation is 1. The molecule has 1 N–H and O–H groups in total. The quantitative estimate of drug-likeness (QED) is 0.612. The number of aliphatic hydroxyl groups excluding tert-OH is 1. The Morgan fingerprint density at radius 3 is 2.88 bits per heavy atom. The summed E-state index contributed by atoms with van der Waals surface area (Å²) in [6, 6.07) is 1.88. The van der Waals surface area contributed by atoms with Crippen LogP contribution in [0.1, 0.15) is 10.6 Å². The first-order valence-corrected chi connectivity index (χ1v) is 3.13. The first-order chi connectivity index (χ1) is 3.83. The maximum atomic E-state index is 8.50. The predicted molar refractivity (Wildman–Crippen MR) is 32.8 cm³/mol. The first-order valence-electron chi connectivity index (χ1n) is 2.36. The molecule has 0 aliphatic rings. The van der Waals surface area contributed by atoms with Crippen LogP contribution in [-0.2, 0) is 6.61 Å². The highest BCUT2D eigenvalue weighted by atomic mass is 32.1. The van der Waals surface area contributed by atoms with Crippen LogP contribution in [0.5, 0.6) is 0 Å². The van der Waals surface area contributed by atoms with Crippen LogP contribution in [0.25, 0.3) is 0 Å². The number of hydrogen-bond acceptors (Lipinski definition) is 3. The molecule has 1 heterocycles. The Balaban J connectivity index is 2.84. The van der Waals surface area contributed by atoms with Crippen molar-refractivity contribution in [1.29, 1.82) is 0 Å². The highest BCUT2D eigenvalue weighted by Gasteiger charge is 1.92. The molecule has 1 aromatic heterocycles. The van der Waals surface area contributed by atoms with Crippen LogP contribution in [0.3, 0.4) is 0 Å². The number of aliphatic hydroxyl groups is 1. The number of rotatable bonds is 1. The molecule has 0 bridgehead atoms. The second-order valence-corrected chi connectivity index (χ2v) is 2.60. The highest BCUT2D eigenvalue weighted by Crippen LogP contribution is 2.06. The summed E-state index contributed by atoms with van der Waals surface area (Å²) in [5.74, 6) is 0. The van der Waals surface area contributed by atoms with Crippen molar-refractivity contribution in [2.24, 2.45) is 0 Å². The Morgan fingerprint density at radius 2 is 2.62 bits per heavy atom. The standard InChI is InChI=1S/C5H7NOS/c1-4-2-5(3-7)6-8-4/h2,7H,3H2,1H3. The molecule has 0 saturated carbocycles. The third-order valence-electron chi connectivity index (χ3n) is 0.839. The zero-order valence-corrected chi connectivity index (χ0v) is 5.40. The molecule has 3 heteroatoms. The van der Waals surface area contributed by atoms with Crippen molar-refractivity contribution in [3.63, 3.8) is 0 Å². The highest BCUT2D eigenvalue weighted by molar-refractivity contribution is 7.05. The first kappa shape index (κ1) is 5.72. The summed E-state index contributed by atoms with van der Waals surface area (Å²) in [7, 11) is 0. The number of nitrogens with zero attached hydrogens (tertiary/aromatic N) is 1. The normalized spacial score (nSPS) is 9.75. The molecule has 0 saturated heterocycles. The lowest BCUT2D eigenvalue weighted by Crippen LogP contribution is -1.77. The van der Waals surface area contributed by atoms with Crippen molar-refractivity contribution in [2.45, 2.75) is 13.5 Å². The van der Waals surface area contributed by atoms with Crippen molar-refractivity contribution < 1.29 is 5.11 Å². The second-order valence-electron chi connectivity index (χ2n) is 1.59. The molecular formula is C5H7NOS. The Hall–Kier alpha value is -0.410. The summed E-state index contributed by atoms with van der Waals surface area (Å²) in [4.78, 5) is 1.15. The molecule has 0 aromatic carbocycles. The molecule has 0 amide bonds. The second kappa shape index (κ2) is 2.24. The maximum absolute atomic E-state index is 8.50. The van der Waals surface area contributed by atoms with Crippen LogP contribution in [0.4, 0.5) is 0 Å². The van der Waals surface area contributed by atoms with E-state index in [4.69, 9.17) is 5.11 Å². The molecule has 1 aromatic rings. The van der Waals surface area contributed by atoms with E-state index in [9.17, 15) is 0 Å². The van der Waals surface area contributed by atoms with Crippen LogP contribution in [0.15, 0.2) is 6.07 Å². The molecular weight excluding hydrogens is 122 g/mol. The van der Waals surface area contributed by atoms with Gasteiger partial charge >= 0.3 is 0 Å². The van der Waals surface area contributed by atoms with Gasteiger partial charge in [-0.15, -0.1) is 0 Å². The zero-order valence-electron chi connectivity index (χ0n) is 4.59. The fraction of sp³-hybridized carbons (Fsp3) is 0.400. The minimum atomic E-state index is 0.0599. The summed E-state index contributed by atoms with van der Waals surface area (Å²) in [6.07, 6.45) is 0.